The van der Waals surface area contributed by atoms with Crippen LogP contribution in [-0.2, 0) is 10.2 Å². The summed E-state index contributed by atoms with van der Waals surface area (Å²) in [6, 6.07) is 8.50. The Bertz CT molecular complexity index is 819. The Labute approximate surface area is 192 Å². The average Bonchev–Trinajstić information content (AvgIpc) is 3.39. The van der Waals surface area contributed by atoms with Gasteiger partial charge in [0, 0.05) is 51.4 Å². The lowest BCUT2D eigenvalue weighted by atomic mass is 9.74. The molecule has 0 saturated carbocycles. The van der Waals surface area contributed by atoms with Crippen LogP contribution in [0.4, 0.5) is 15.3 Å². The van der Waals surface area contributed by atoms with Gasteiger partial charge in [-0.3, -0.25) is 4.90 Å². The van der Waals surface area contributed by atoms with Crippen molar-refractivity contribution in [3.8, 4) is 0 Å². The first-order valence-corrected chi connectivity index (χ1v) is 12.2. The molecule has 1 atom stereocenters. The van der Waals surface area contributed by atoms with Crippen LogP contribution in [0.15, 0.2) is 24.3 Å². The number of rotatable bonds is 5. The lowest BCUT2D eigenvalue weighted by Crippen LogP contribution is -2.48. The highest BCUT2D eigenvalue weighted by molar-refractivity contribution is 5.95. The van der Waals surface area contributed by atoms with E-state index in [0.29, 0.717) is 12.5 Å². The summed E-state index contributed by atoms with van der Waals surface area (Å²) in [4.78, 5) is 33.1. The SMILES string of the molecule is CCCCOC(=O)N1CC[C@H](CN2CCC3(CC2)CN(C(=O)N(C)C)c2ccccc23)C1. The van der Waals surface area contributed by atoms with Gasteiger partial charge in [-0.1, -0.05) is 31.5 Å². The summed E-state index contributed by atoms with van der Waals surface area (Å²) in [6.07, 6.45) is 5.01. The number of para-hydroxylation sites is 1. The van der Waals surface area contributed by atoms with Gasteiger partial charge in [0.25, 0.3) is 0 Å². The summed E-state index contributed by atoms with van der Waals surface area (Å²) in [5.41, 5.74) is 2.47. The van der Waals surface area contributed by atoms with Crippen LogP contribution in [0.3, 0.4) is 0 Å². The third kappa shape index (κ3) is 4.58. The number of fused-ring (bicyclic) bond motifs is 2. The van der Waals surface area contributed by atoms with Gasteiger partial charge in [0.2, 0.25) is 0 Å². The standard InChI is InChI=1S/C25H38N4O3/c1-4-5-16-32-24(31)28-13-10-20(18-28)17-27-14-11-25(12-15-27)19-29(23(30)26(2)3)22-9-7-6-8-21(22)25/h6-9,20H,4-5,10-19H2,1-3H3/t20-/m1/s1. The van der Waals surface area contributed by atoms with Gasteiger partial charge in [0.1, 0.15) is 0 Å². The molecule has 3 heterocycles. The Morgan fingerprint density at radius 1 is 1.16 bits per heavy atom. The number of unbranched alkanes of at least 4 members (excludes halogenated alkanes) is 1. The molecule has 2 fully saturated rings. The Balaban J connectivity index is 1.32. The number of piperidine rings is 1. The van der Waals surface area contributed by atoms with Crippen LogP contribution >= 0.6 is 0 Å². The molecule has 1 spiro atoms. The van der Waals surface area contributed by atoms with Crippen molar-refractivity contribution in [1.29, 1.82) is 0 Å². The molecule has 3 amide bonds. The zero-order chi connectivity index (χ0) is 22.7. The van der Waals surface area contributed by atoms with Gasteiger partial charge in [-0.25, -0.2) is 9.59 Å². The molecular formula is C25H38N4O3. The summed E-state index contributed by atoms with van der Waals surface area (Å²) in [5, 5.41) is 0. The fourth-order valence-electron chi connectivity index (χ4n) is 5.54. The number of amides is 3. The molecule has 0 unspecified atom stereocenters. The first-order valence-electron chi connectivity index (χ1n) is 12.2. The fourth-order valence-corrected chi connectivity index (χ4v) is 5.54. The largest absolute Gasteiger partial charge is 0.449 e. The Morgan fingerprint density at radius 3 is 2.62 bits per heavy atom. The van der Waals surface area contributed by atoms with Gasteiger partial charge in [0.15, 0.2) is 0 Å². The van der Waals surface area contributed by atoms with Crippen molar-refractivity contribution >= 4 is 17.8 Å². The zero-order valence-corrected chi connectivity index (χ0v) is 19.9. The lowest BCUT2D eigenvalue weighted by molar-refractivity contribution is 0.105. The monoisotopic (exact) mass is 442 g/mol. The number of anilines is 1. The van der Waals surface area contributed by atoms with E-state index >= 15 is 0 Å². The van der Waals surface area contributed by atoms with Crippen molar-refractivity contribution in [1.82, 2.24) is 14.7 Å². The molecule has 3 aliphatic heterocycles. The molecule has 4 rings (SSSR count). The maximum atomic E-state index is 12.8. The lowest BCUT2D eigenvalue weighted by Gasteiger charge is -2.40. The molecule has 32 heavy (non-hydrogen) atoms. The first kappa shape index (κ1) is 22.9. The van der Waals surface area contributed by atoms with Gasteiger partial charge in [-0.2, -0.15) is 0 Å². The number of benzene rings is 1. The molecule has 7 heteroatoms. The maximum Gasteiger partial charge on any atom is 0.409 e. The molecular weight excluding hydrogens is 404 g/mol. The van der Waals surface area contributed by atoms with Gasteiger partial charge in [0.05, 0.1) is 6.61 Å². The number of urea groups is 1. The third-order valence-electron chi connectivity index (χ3n) is 7.44. The Kier molecular flexibility index (Phi) is 6.93. The van der Waals surface area contributed by atoms with E-state index in [0.717, 1.165) is 77.1 Å². The van der Waals surface area contributed by atoms with Crippen LogP contribution < -0.4 is 4.90 Å². The topological polar surface area (TPSA) is 56.3 Å². The number of carbonyl (C=O) groups is 2. The molecule has 0 aliphatic carbocycles. The van der Waals surface area contributed by atoms with Crippen LogP contribution in [0.25, 0.3) is 0 Å². The molecule has 3 aliphatic rings. The van der Waals surface area contributed by atoms with Gasteiger partial charge in [-0.15, -0.1) is 0 Å². The Hall–Kier alpha value is -2.28. The van der Waals surface area contributed by atoms with Crippen LogP contribution in [-0.4, -0.2) is 86.8 Å². The van der Waals surface area contributed by atoms with E-state index in [2.05, 4.69) is 30.0 Å². The summed E-state index contributed by atoms with van der Waals surface area (Å²) in [5.74, 6) is 0.519. The van der Waals surface area contributed by atoms with Crippen LogP contribution in [0, 0.1) is 5.92 Å². The van der Waals surface area contributed by atoms with E-state index < -0.39 is 0 Å². The highest BCUT2D eigenvalue weighted by Crippen LogP contribution is 2.47. The van der Waals surface area contributed by atoms with Crippen LogP contribution in [0.1, 0.15) is 44.6 Å². The van der Waals surface area contributed by atoms with E-state index in [-0.39, 0.29) is 17.5 Å². The summed E-state index contributed by atoms with van der Waals surface area (Å²) >= 11 is 0. The van der Waals surface area contributed by atoms with E-state index in [1.165, 1.54) is 5.56 Å². The fraction of sp³-hybridized carbons (Fsp3) is 0.680. The molecule has 0 bridgehead atoms. The summed E-state index contributed by atoms with van der Waals surface area (Å²) < 4.78 is 5.39. The third-order valence-corrected chi connectivity index (χ3v) is 7.44. The number of hydrogen-bond acceptors (Lipinski definition) is 4. The normalized spacial score (nSPS) is 22.3. The molecule has 176 valence electrons. The second-order valence-corrected chi connectivity index (χ2v) is 9.93. The minimum Gasteiger partial charge on any atom is -0.449 e. The van der Waals surface area contributed by atoms with Crippen molar-refractivity contribution in [2.24, 2.45) is 5.92 Å². The van der Waals surface area contributed by atoms with E-state index in [4.69, 9.17) is 4.74 Å². The summed E-state index contributed by atoms with van der Waals surface area (Å²) in [7, 11) is 3.64. The van der Waals surface area contributed by atoms with Crippen molar-refractivity contribution in [2.45, 2.75) is 44.4 Å². The quantitative estimate of drug-likeness (QED) is 0.651. The van der Waals surface area contributed by atoms with Crippen LogP contribution in [0.5, 0.6) is 0 Å². The number of hydrogen-bond donors (Lipinski definition) is 0. The number of ether oxygens (including phenoxy) is 1. The zero-order valence-electron chi connectivity index (χ0n) is 19.9. The highest BCUT2D eigenvalue weighted by atomic mass is 16.6. The van der Waals surface area contributed by atoms with Gasteiger partial charge < -0.3 is 19.4 Å². The molecule has 0 N–H and O–H groups in total. The Morgan fingerprint density at radius 2 is 1.91 bits per heavy atom. The summed E-state index contributed by atoms with van der Waals surface area (Å²) in [6.45, 7) is 8.13. The smallest absolute Gasteiger partial charge is 0.409 e. The maximum absolute atomic E-state index is 12.8. The van der Waals surface area contributed by atoms with Crippen LogP contribution in [0.2, 0.25) is 0 Å². The minimum absolute atomic E-state index is 0.0591. The predicted molar refractivity (Wildman–Crippen MR) is 126 cm³/mol. The molecule has 1 aromatic rings. The molecule has 1 aromatic carbocycles. The van der Waals surface area contributed by atoms with Crippen molar-refractivity contribution in [2.75, 3.05) is 64.9 Å². The minimum atomic E-state index is -0.147. The first-order chi connectivity index (χ1) is 15.4. The molecule has 0 aromatic heterocycles. The van der Waals surface area contributed by atoms with Crippen molar-refractivity contribution in [3.05, 3.63) is 29.8 Å². The van der Waals surface area contributed by atoms with Crippen molar-refractivity contribution in [3.63, 3.8) is 0 Å². The molecule has 7 nitrogen and oxygen atoms in total. The number of nitrogens with zero attached hydrogens (tertiary/aromatic N) is 4. The highest BCUT2D eigenvalue weighted by Gasteiger charge is 2.46. The second kappa shape index (κ2) is 9.69. The van der Waals surface area contributed by atoms with Gasteiger partial charge >= 0.3 is 12.1 Å². The van der Waals surface area contributed by atoms with E-state index in [1.807, 2.05) is 30.0 Å². The average molecular weight is 443 g/mol. The molecule has 2 saturated heterocycles. The van der Waals surface area contributed by atoms with E-state index in [1.54, 1.807) is 4.90 Å². The number of likely N-dealkylation sites (tertiary alicyclic amines) is 2. The number of carbonyl (C=O) groups excluding carboxylic acids is 2. The predicted octanol–water partition coefficient (Wildman–Crippen LogP) is 3.78. The molecule has 0 radical (unpaired) electrons. The van der Waals surface area contributed by atoms with Gasteiger partial charge in [-0.05, 0) is 56.3 Å². The van der Waals surface area contributed by atoms with Crippen molar-refractivity contribution < 1.29 is 14.3 Å². The second-order valence-electron chi connectivity index (χ2n) is 9.93. The van der Waals surface area contributed by atoms with E-state index in [9.17, 15) is 9.59 Å².